The van der Waals surface area contributed by atoms with Crippen LogP contribution in [0.5, 0.6) is 11.5 Å². The summed E-state index contributed by atoms with van der Waals surface area (Å²) < 4.78 is 16.9. The molecule has 6 heteroatoms. The van der Waals surface area contributed by atoms with E-state index in [9.17, 15) is 5.11 Å². The molecule has 2 unspecified atom stereocenters. The average molecular weight is 370 g/mol. The highest BCUT2D eigenvalue weighted by molar-refractivity contribution is 5.84. The first-order chi connectivity index (χ1) is 13.2. The molecule has 27 heavy (non-hydrogen) atoms. The molecule has 0 saturated carbocycles. The minimum atomic E-state index is -0.680. The van der Waals surface area contributed by atoms with Crippen molar-refractivity contribution < 1.29 is 19.1 Å². The molecule has 0 aliphatic rings. The van der Waals surface area contributed by atoms with Crippen LogP contribution in [0, 0.1) is 0 Å². The Hall–Kier alpha value is -2.57. The van der Waals surface area contributed by atoms with Gasteiger partial charge in [-0.05, 0) is 37.6 Å². The van der Waals surface area contributed by atoms with Crippen molar-refractivity contribution in [2.45, 2.75) is 39.0 Å². The standard InChI is InChI=1S/C21H26N2O4/c1-3-8-19-18-11-7-12-20(21(18)27-23-19)25-14-16(24)13-22-15(2)26-17-9-5-4-6-10-17/h4-7,9-12,15-16,22,24H,3,8,13-14H2,1-2H3. The molecule has 2 N–H and O–H groups in total. The van der Waals surface area contributed by atoms with E-state index in [4.69, 9.17) is 14.0 Å². The number of ether oxygens (including phenoxy) is 2. The van der Waals surface area contributed by atoms with Crippen LogP contribution in [-0.4, -0.2) is 35.7 Å². The number of fused-ring (bicyclic) bond motifs is 1. The third-order valence-electron chi connectivity index (χ3n) is 4.15. The van der Waals surface area contributed by atoms with Crippen LogP contribution in [0.4, 0.5) is 0 Å². The number of aromatic nitrogens is 1. The summed E-state index contributed by atoms with van der Waals surface area (Å²) in [5.41, 5.74) is 1.56. The first kappa shape index (κ1) is 19.2. The summed E-state index contributed by atoms with van der Waals surface area (Å²) in [6, 6.07) is 15.3. The molecule has 0 aliphatic heterocycles. The van der Waals surface area contributed by atoms with E-state index in [1.54, 1.807) is 0 Å². The van der Waals surface area contributed by atoms with Crippen molar-refractivity contribution in [1.29, 1.82) is 0 Å². The highest BCUT2D eigenvalue weighted by Gasteiger charge is 2.14. The van der Waals surface area contributed by atoms with Gasteiger partial charge in [0.05, 0.1) is 5.69 Å². The van der Waals surface area contributed by atoms with E-state index < -0.39 is 6.10 Å². The molecule has 0 saturated heterocycles. The maximum Gasteiger partial charge on any atom is 0.208 e. The van der Waals surface area contributed by atoms with Gasteiger partial charge in [0.25, 0.3) is 0 Å². The van der Waals surface area contributed by atoms with Crippen molar-refractivity contribution in [2.75, 3.05) is 13.2 Å². The van der Waals surface area contributed by atoms with E-state index in [-0.39, 0.29) is 12.8 Å². The van der Waals surface area contributed by atoms with Crippen molar-refractivity contribution in [3.05, 3.63) is 54.2 Å². The molecule has 0 fully saturated rings. The zero-order chi connectivity index (χ0) is 19.1. The fourth-order valence-corrected chi connectivity index (χ4v) is 2.81. The van der Waals surface area contributed by atoms with Crippen LogP contribution in [0.15, 0.2) is 53.1 Å². The first-order valence-electron chi connectivity index (χ1n) is 9.30. The van der Waals surface area contributed by atoms with E-state index >= 15 is 0 Å². The quantitative estimate of drug-likeness (QED) is 0.532. The van der Waals surface area contributed by atoms with Crippen molar-refractivity contribution in [2.24, 2.45) is 0 Å². The van der Waals surface area contributed by atoms with Gasteiger partial charge in [0.2, 0.25) is 5.58 Å². The lowest BCUT2D eigenvalue weighted by molar-refractivity contribution is 0.0868. The Balaban J connectivity index is 1.49. The summed E-state index contributed by atoms with van der Waals surface area (Å²) in [4.78, 5) is 0. The second kappa shape index (κ2) is 9.39. The smallest absolute Gasteiger partial charge is 0.208 e. The molecule has 144 valence electrons. The molecule has 2 aromatic carbocycles. The molecule has 0 amide bonds. The van der Waals surface area contributed by atoms with Crippen molar-refractivity contribution in [3.63, 3.8) is 0 Å². The lowest BCUT2D eigenvalue weighted by atomic mass is 10.1. The van der Waals surface area contributed by atoms with Crippen molar-refractivity contribution in [1.82, 2.24) is 10.5 Å². The van der Waals surface area contributed by atoms with Gasteiger partial charge in [-0.25, -0.2) is 0 Å². The molecule has 2 atom stereocenters. The van der Waals surface area contributed by atoms with Gasteiger partial charge in [-0.15, -0.1) is 0 Å². The third-order valence-corrected chi connectivity index (χ3v) is 4.15. The zero-order valence-electron chi connectivity index (χ0n) is 15.7. The number of benzene rings is 2. The molecule has 0 radical (unpaired) electrons. The molecule has 0 bridgehead atoms. The van der Waals surface area contributed by atoms with E-state index in [1.165, 1.54) is 0 Å². The van der Waals surface area contributed by atoms with Crippen LogP contribution in [-0.2, 0) is 6.42 Å². The normalized spacial score (nSPS) is 13.4. The number of nitrogens with one attached hydrogen (secondary N) is 1. The molecule has 0 aliphatic carbocycles. The fraction of sp³-hybridized carbons (Fsp3) is 0.381. The second-order valence-corrected chi connectivity index (χ2v) is 6.46. The van der Waals surface area contributed by atoms with E-state index in [1.807, 2.05) is 55.5 Å². The number of aliphatic hydroxyl groups excluding tert-OH is 1. The van der Waals surface area contributed by atoms with Gasteiger partial charge in [0.1, 0.15) is 24.7 Å². The van der Waals surface area contributed by atoms with Gasteiger partial charge in [-0.2, -0.15) is 0 Å². The highest BCUT2D eigenvalue weighted by atomic mass is 16.5. The summed E-state index contributed by atoms with van der Waals surface area (Å²) in [6.45, 7) is 4.49. The maximum absolute atomic E-state index is 10.2. The minimum absolute atomic E-state index is 0.147. The number of rotatable bonds is 10. The fourth-order valence-electron chi connectivity index (χ4n) is 2.81. The SMILES string of the molecule is CCCc1noc2c(OCC(O)CNC(C)Oc3ccccc3)cccc12. The Bertz CT molecular complexity index is 835. The average Bonchev–Trinajstić information content (AvgIpc) is 3.09. The van der Waals surface area contributed by atoms with Gasteiger partial charge in [-0.3, -0.25) is 5.32 Å². The van der Waals surface area contributed by atoms with Crippen LogP contribution in [0.1, 0.15) is 26.0 Å². The Labute approximate surface area is 159 Å². The molecule has 3 aromatic rings. The van der Waals surface area contributed by atoms with Crippen LogP contribution in [0.2, 0.25) is 0 Å². The summed E-state index contributed by atoms with van der Waals surface area (Å²) in [6.07, 6.45) is 0.958. The number of aryl methyl sites for hydroxylation is 1. The van der Waals surface area contributed by atoms with Crippen LogP contribution < -0.4 is 14.8 Å². The molecule has 1 heterocycles. The largest absolute Gasteiger partial charge is 0.487 e. The van der Waals surface area contributed by atoms with Crippen LogP contribution in [0.25, 0.3) is 11.0 Å². The van der Waals surface area contributed by atoms with Crippen molar-refractivity contribution in [3.8, 4) is 11.5 Å². The lowest BCUT2D eigenvalue weighted by Crippen LogP contribution is -2.39. The number of para-hydroxylation sites is 2. The predicted molar refractivity (Wildman–Crippen MR) is 104 cm³/mol. The number of hydrogen-bond acceptors (Lipinski definition) is 6. The Morgan fingerprint density at radius 3 is 2.74 bits per heavy atom. The second-order valence-electron chi connectivity index (χ2n) is 6.46. The van der Waals surface area contributed by atoms with E-state index in [0.29, 0.717) is 17.9 Å². The molecule has 3 rings (SSSR count). The summed E-state index contributed by atoms with van der Waals surface area (Å²) >= 11 is 0. The van der Waals surface area contributed by atoms with Crippen LogP contribution >= 0.6 is 0 Å². The molecule has 1 aromatic heterocycles. The molecular formula is C21H26N2O4. The monoisotopic (exact) mass is 370 g/mol. The number of nitrogens with zero attached hydrogens (tertiary/aromatic N) is 1. The molecule has 6 nitrogen and oxygen atoms in total. The number of hydrogen-bond donors (Lipinski definition) is 2. The Kier molecular flexibility index (Phi) is 6.68. The summed E-state index contributed by atoms with van der Waals surface area (Å²) in [5.74, 6) is 1.37. The zero-order valence-corrected chi connectivity index (χ0v) is 15.7. The maximum atomic E-state index is 10.2. The van der Waals surface area contributed by atoms with E-state index in [2.05, 4.69) is 17.4 Å². The first-order valence-corrected chi connectivity index (χ1v) is 9.30. The van der Waals surface area contributed by atoms with Gasteiger partial charge < -0.3 is 19.1 Å². The third kappa shape index (κ3) is 5.21. The Morgan fingerprint density at radius 1 is 1.15 bits per heavy atom. The minimum Gasteiger partial charge on any atom is -0.487 e. The van der Waals surface area contributed by atoms with Crippen LogP contribution in [0.3, 0.4) is 0 Å². The van der Waals surface area contributed by atoms with E-state index in [0.717, 1.165) is 29.7 Å². The van der Waals surface area contributed by atoms with Gasteiger partial charge in [0, 0.05) is 11.9 Å². The summed E-state index contributed by atoms with van der Waals surface area (Å²) in [7, 11) is 0. The predicted octanol–water partition coefficient (Wildman–Crippen LogP) is 3.53. The number of aliphatic hydroxyl groups is 1. The molecule has 0 spiro atoms. The molecular weight excluding hydrogens is 344 g/mol. The van der Waals surface area contributed by atoms with Gasteiger partial charge in [-0.1, -0.05) is 42.8 Å². The topological polar surface area (TPSA) is 76.8 Å². The van der Waals surface area contributed by atoms with Gasteiger partial charge >= 0.3 is 0 Å². The van der Waals surface area contributed by atoms with Crippen molar-refractivity contribution >= 4 is 11.0 Å². The summed E-state index contributed by atoms with van der Waals surface area (Å²) in [5, 5.41) is 18.4. The lowest BCUT2D eigenvalue weighted by Gasteiger charge is -2.19. The van der Waals surface area contributed by atoms with Gasteiger partial charge in [0.15, 0.2) is 5.75 Å². The highest BCUT2D eigenvalue weighted by Crippen LogP contribution is 2.28. The Morgan fingerprint density at radius 2 is 1.96 bits per heavy atom.